The highest BCUT2D eigenvalue weighted by atomic mass is 19.1. The van der Waals surface area contributed by atoms with E-state index in [4.69, 9.17) is 14.5 Å². The van der Waals surface area contributed by atoms with Crippen molar-refractivity contribution in [3.05, 3.63) is 41.8 Å². The van der Waals surface area contributed by atoms with E-state index < -0.39 is 0 Å². The molecule has 0 spiro atoms. The van der Waals surface area contributed by atoms with Gasteiger partial charge < -0.3 is 19.3 Å². The number of methoxy groups -OCH3 is 1. The number of halogens is 1. The van der Waals surface area contributed by atoms with Gasteiger partial charge in [0.15, 0.2) is 11.6 Å². The van der Waals surface area contributed by atoms with Gasteiger partial charge in [0.25, 0.3) is 0 Å². The number of likely N-dealkylation sites (N-methyl/N-ethyl adjacent to an activating group) is 1. The number of piperidine rings is 1. The Morgan fingerprint density at radius 1 is 1.23 bits per heavy atom. The van der Waals surface area contributed by atoms with Gasteiger partial charge in [-0.1, -0.05) is 6.07 Å². The van der Waals surface area contributed by atoms with Gasteiger partial charge >= 0.3 is 0 Å². The van der Waals surface area contributed by atoms with Crippen LogP contribution in [0.3, 0.4) is 0 Å². The summed E-state index contributed by atoms with van der Waals surface area (Å²) in [5, 5.41) is 0. The first kappa shape index (κ1) is 20.8. The SMILES string of the molecule is COc1ccc(CN2CCCC(N(C)c3ccnc(N4CCOCC4)n3)C2)cc1F. The lowest BCUT2D eigenvalue weighted by Gasteiger charge is -2.38. The molecule has 2 aliphatic rings. The molecular formula is C22H30FN5O2. The highest BCUT2D eigenvalue weighted by Gasteiger charge is 2.25. The van der Waals surface area contributed by atoms with Crippen LogP contribution in [0.1, 0.15) is 18.4 Å². The van der Waals surface area contributed by atoms with Crippen molar-refractivity contribution >= 4 is 11.8 Å². The molecule has 3 heterocycles. The highest BCUT2D eigenvalue weighted by Crippen LogP contribution is 2.24. The molecule has 2 aliphatic heterocycles. The quantitative estimate of drug-likeness (QED) is 0.719. The Hall–Kier alpha value is -2.45. The largest absolute Gasteiger partial charge is 0.494 e. The van der Waals surface area contributed by atoms with Crippen LogP contribution < -0.4 is 14.5 Å². The molecule has 30 heavy (non-hydrogen) atoms. The number of hydrogen-bond acceptors (Lipinski definition) is 7. The Labute approximate surface area is 177 Å². The molecule has 162 valence electrons. The van der Waals surface area contributed by atoms with Gasteiger partial charge in [0.1, 0.15) is 5.82 Å². The van der Waals surface area contributed by atoms with Gasteiger partial charge in [0, 0.05) is 45.5 Å². The summed E-state index contributed by atoms with van der Waals surface area (Å²) in [5.74, 6) is 1.69. The maximum Gasteiger partial charge on any atom is 0.227 e. The summed E-state index contributed by atoms with van der Waals surface area (Å²) in [7, 11) is 3.59. The van der Waals surface area contributed by atoms with E-state index in [2.05, 4.69) is 26.7 Å². The lowest BCUT2D eigenvalue weighted by Crippen LogP contribution is -2.46. The van der Waals surface area contributed by atoms with Crippen LogP contribution in [0.15, 0.2) is 30.5 Å². The normalized spacial score (nSPS) is 20.2. The van der Waals surface area contributed by atoms with E-state index in [1.54, 1.807) is 12.1 Å². The molecule has 0 amide bonds. The fraction of sp³-hybridized carbons (Fsp3) is 0.545. The van der Waals surface area contributed by atoms with E-state index in [1.807, 2.05) is 18.3 Å². The van der Waals surface area contributed by atoms with Crippen molar-refractivity contribution in [2.75, 3.05) is 63.4 Å². The van der Waals surface area contributed by atoms with Gasteiger partial charge in [-0.05, 0) is 43.1 Å². The summed E-state index contributed by atoms with van der Waals surface area (Å²) in [6.45, 7) is 5.74. The fourth-order valence-electron chi connectivity index (χ4n) is 4.20. The lowest BCUT2D eigenvalue weighted by molar-refractivity contribution is 0.122. The van der Waals surface area contributed by atoms with E-state index in [0.29, 0.717) is 19.3 Å². The molecule has 1 atom stereocenters. The summed E-state index contributed by atoms with van der Waals surface area (Å²) in [6.07, 6.45) is 4.06. The molecule has 0 bridgehead atoms. The molecule has 1 aromatic carbocycles. The second-order valence-corrected chi connectivity index (χ2v) is 7.93. The van der Waals surface area contributed by atoms with Gasteiger partial charge in [-0.15, -0.1) is 0 Å². The van der Waals surface area contributed by atoms with Gasteiger partial charge in [0.2, 0.25) is 5.95 Å². The molecule has 0 saturated carbocycles. The van der Waals surface area contributed by atoms with Gasteiger partial charge in [-0.3, -0.25) is 4.90 Å². The van der Waals surface area contributed by atoms with Crippen LogP contribution in [0.5, 0.6) is 5.75 Å². The number of anilines is 2. The fourth-order valence-corrected chi connectivity index (χ4v) is 4.20. The second-order valence-electron chi connectivity index (χ2n) is 7.93. The van der Waals surface area contributed by atoms with Gasteiger partial charge in [0.05, 0.1) is 20.3 Å². The summed E-state index contributed by atoms with van der Waals surface area (Å²) in [5.41, 5.74) is 0.966. The first-order valence-electron chi connectivity index (χ1n) is 10.6. The molecule has 0 radical (unpaired) electrons. The Balaban J connectivity index is 1.41. The molecule has 7 nitrogen and oxygen atoms in total. The van der Waals surface area contributed by atoms with Crippen LogP contribution >= 0.6 is 0 Å². The minimum atomic E-state index is -0.308. The van der Waals surface area contributed by atoms with E-state index in [9.17, 15) is 4.39 Å². The number of likely N-dealkylation sites (tertiary alicyclic amines) is 1. The minimum Gasteiger partial charge on any atom is -0.494 e. The summed E-state index contributed by atoms with van der Waals surface area (Å²) >= 11 is 0. The lowest BCUT2D eigenvalue weighted by atomic mass is 10.0. The molecule has 0 N–H and O–H groups in total. The number of ether oxygens (including phenoxy) is 2. The Kier molecular flexibility index (Phi) is 6.64. The first-order valence-corrected chi connectivity index (χ1v) is 10.6. The summed E-state index contributed by atoms with van der Waals surface area (Å²) in [6, 6.07) is 7.54. The predicted molar refractivity (Wildman–Crippen MR) is 115 cm³/mol. The zero-order valence-corrected chi connectivity index (χ0v) is 17.8. The Morgan fingerprint density at radius 2 is 2.07 bits per heavy atom. The van der Waals surface area contributed by atoms with Crippen LogP contribution in [0.4, 0.5) is 16.2 Å². The first-order chi connectivity index (χ1) is 14.6. The average molecular weight is 416 g/mol. The number of nitrogens with zero attached hydrogens (tertiary/aromatic N) is 5. The number of benzene rings is 1. The van der Waals surface area contributed by atoms with E-state index in [1.165, 1.54) is 7.11 Å². The monoisotopic (exact) mass is 415 g/mol. The standard InChI is InChI=1S/C22H30FN5O2/c1-26(21-7-8-24-22(25-21)28-10-12-30-13-11-28)18-4-3-9-27(16-18)15-17-5-6-20(29-2)19(23)14-17/h5-8,14,18H,3-4,9-13,15-16H2,1-2H3. The third-order valence-electron chi connectivity index (χ3n) is 5.93. The number of rotatable bonds is 6. The van der Waals surface area contributed by atoms with Crippen LogP contribution in [0.2, 0.25) is 0 Å². The van der Waals surface area contributed by atoms with Crippen molar-refractivity contribution < 1.29 is 13.9 Å². The third-order valence-corrected chi connectivity index (χ3v) is 5.93. The summed E-state index contributed by atoms with van der Waals surface area (Å²) < 4.78 is 24.5. The molecule has 2 fully saturated rings. The molecule has 8 heteroatoms. The van der Waals surface area contributed by atoms with Gasteiger partial charge in [-0.25, -0.2) is 9.37 Å². The minimum absolute atomic E-state index is 0.287. The van der Waals surface area contributed by atoms with Crippen molar-refractivity contribution in [2.45, 2.75) is 25.4 Å². The Bertz CT molecular complexity index is 846. The third kappa shape index (κ3) is 4.82. The van der Waals surface area contributed by atoms with Crippen LogP contribution in [-0.2, 0) is 11.3 Å². The van der Waals surface area contributed by atoms with Crippen molar-refractivity contribution in [2.24, 2.45) is 0 Å². The molecule has 4 rings (SSSR count). The number of morpholine rings is 1. The molecular weight excluding hydrogens is 385 g/mol. The smallest absolute Gasteiger partial charge is 0.227 e. The molecule has 2 saturated heterocycles. The zero-order valence-electron chi connectivity index (χ0n) is 17.8. The van der Waals surface area contributed by atoms with Crippen molar-refractivity contribution in [1.82, 2.24) is 14.9 Å². The van der Waals surface area contributed by atoms with Crippen LogP contribution in [-0.4, -0.2) is 74.5 Å². The average Bonchev–Trinajstić information content (AvgIpc) is 2.79. The van der Waals surface area contributed by atoms with Crippen molar-refractivity contribution in [1.29, 1.82) is 0 Å². The molecule has 0 aliphatic carbocycles. The van der Waals surface area contributed by atoms with E-state index in [0.717, 1.165) is 62.9 Å². The zero-order chi connectivity index (χ0) is 20.9. The predicted octanol–water partition coefficient (Wildman–Crippen LogP) is 2.56. The number of aromatic nitrogens is 2. The number of hydrogen-bond donors (Lipinski definition) is 0. The van der Waals surface area contributed by atoms with Crippen molar-refractivity contribution in [3.63, 3.8) is 0 Å². The van der Waals surface area contributed by atoms with Crippen molar-refractivity contribution in [3.8, 4) is 5.75 Å². The topological polar surface area (TPSA) is 54.0 Å². The molecule has 1 aromatic heterocycles. The summed E-state index contributed by atoms with van der Waals surface area (Å²) in [4.78, 5) is 16.1. The van der Waals surface area contributed by atoms with Crippen LogP contribution in [0.25, 0.3) is 0 Å². The maximum absolute atomic E-state index is 14.0. The van der Waals surface area contributed by atoms with Crippen LogP contribution in [0, 0.1) is 5.82 Å². The van der Waals surface area contributed by atoms with Gasteiger partial charge in [-0.2, -0.15) is 4.98 Å². The second kappa shape index (κ2) is 9.57. The highest BCUT2D eigenvalue weighted by molar-refractivity contribution is 5.44. The Morgan fingerprint density at radius 3 is 2.83 bits per heavy atom. The van der Waals surface area contributed by atoms with E-state index in [-0.39, 0.29) is 11.6 Å². The van der Waals surface area contributed by atoms with E-state index >= 15 is 0 Å². The molecule has 2 aromatic rings. The molecule has 1 unspecified atom stereocenters. The maximum atomic E-state index is 14.0.